The van der Waals surface area contributed by atoms with E-state index < -0.39 is 23.4 Å². The summed E-state index contributed by atoms with van der Waals surface area (Å²) < 4.78 is 0. The third-order valence-electron chi connectivity index (χ3n) is 3.04. The van der Waals surface area contributed by atoms with E-state index in [9.17, 15) is 14.4 Å². The van der Waals surface area contributed by atoms with E-state index in [1.807, 2.05) is 0 Å². The van der Waals surface area contributed by atoms with Crippen LogP contribution in [0.25, 0.3) is 0 Å². The van der Waals surface area contributed by atoms with E-state index in [-0.39, 0.29) is 6.42 Å². The van der Waals surface area contributed by atoms with Gasteiger partial charge in [0.2, 0.25) is 5.91 Å². The summed E-state index contributed by atoms with van der Waals surface area (Å²) >= 11 is 0. The molecule has 7 heteroatoms. The number of benzene rings is 1. The van der Waals surface area contributed by atoms with Crippen molar-refractivity contribution >= 4 is 23.6 Å². The highest BCUT2D eigenvalue weighted by Gasteiger charge is 2.21. The van der Waals surface area contributed by atoms with Gasteiger partial charge in [0.25, 0.3) is 0 Å². The number of hydrogen-bond donors (Lipinski definition) is 4. The molecule has 5 N–H and O–H groups in total. The molecule has 0 spiro atoms. The monoisotopic (exact) mass is 307 g/mol. The van der Waals surface area contributed by atoms with Crippen molar-refractivity contribution in [3.8, 4) is 0 Å². The maximum atomic E-state index is 12.0. The summed E-state index contributed by atoms with van der Waals surface area (Å²) in [5.74, 6) is -1.49. The molecule has 0 unspecified atom stereocenters. The maximum absolute atomic E-state index is 12.0. The molecule has 120 valence electrons. The lowest BCUT2D eigenvalue weighted by molar-refractivity contribution is -0.137. The quantitative estimate of drug-likeness (QED) is 0.640. The molecule has 3 amide bonds. The lowest BCUT2D eigenvalue weighted by Crippen LogP contribution is -2.45. The molecule has 0 aliphatic heterocycles. The maximum Gasteiger partial charge on any atom is 0.319 e. The molecule has 0 radical (unpaired) electrons. The van der Waals surface area contributed by atoms with E-state index in [0.717, 1.165) is 5.56 Å². The van der Waals surface area contributed by atoms with Crippen molar-refractivity contribution in [2.45, 2.75) is 39.2 Å². The summed E-state index contributed by atoms with van der Waals surface area (Å²) in [7, 11) is 0. The van der Waals surface area contributed by atoms with Gasteiger partial charge in [-0.05, 0) is 51.0 Å². The van der Waals surface area contributed by atoms with Crippen LogP contribution in [0.2, 0.25) is 0 Å². The zero-order valence-corrected chi connectivity index (χ0v) is 12.9. The molecule has 0 heterocycles. The van der Waals surface area contributed by atoms with Crippen molar-refractivity contribution in [1.82, 2.24) is 5.32 Å². The molecule has 0 aliphatic carbocycles. The van der Waals surface area contributed by atoms with Crippen LogP contribution in [0.5, 0.6) is 0 Å². The second-order valence-electron chi connectivity index (χ2n) is 5.81. The minimum absolute atomic E-state index is 0.0381. The van der Waals surface area contributed by atoms with Crippen LogP contribution in [0.15, 0.2) is 18.2 Å². The number of carboxylic acids is 1. The third-order valence-corrected chi connectivity index (χ3v) is 3.04. The van der Waals surface area contributed by atoms with Crippen LogP contribution in [0.3, 0.4) is 0 Å². The lowest BCUT2D eigenvalue weighted by Gasteiger charge is -2.25. The number of aliphatic carboxylic acids is 1. The molecular weight excluding hydrogens is 286 g/mol. The zero-order chi connectivity index (χ0) is 16.9. The van der Waals surface area contributed by atoms with E-state index in [1.165, 1.54) is 6.07 Å². The molecule has 0 saturated heterocycles. The number of carbonyl (C=O) groups is 3. The van der Waals surface area contributed by atoms with E-state index in [0.29, 0.717) is 17.7 Å². The summed E-state index contributed by atoms with van der Waals surface area (Å²) in [4.78, 5) is 33.8. The van der Waals surface area contributed by atoms with Crippen molar-refractivity contribution in [1.29, 1.82) is 0 Å². The highest BCUT2D eigenvalue weighted by atomic mass is 16.4. The largest absolute Gasteiger partial charge is 0.481 e. The van der Waals surface area contributed by atoms with E-state index in [1.54, 1.807) is 32.9 Å². The zero-order valence-electron chi connectivity index (χ0n) is 12.9. The molecule has 0 aromatic heterocycles. The Morgan fingerprint density at radius 2 is 1.86 bits per heavy atom. The van der Waals surface area contributed by atoms with Gasteiger partial charge in [0.15, 0.2) is 0 Å². The Morgan fingerprint density at radius 3 is 2.41 bits per heavy atom. The SMILES string of the molecule is Cc1cc(NC(=O)NC(C)(C)CCC(=O)O)cc(C(N)=O)c1. The first-order valence-corrected chi connectivity index (χ1v) is 6.81. The van der Waals surface area contributed by atoms with Gasteiger partial charge >= 0.3 is 12.0 Å². The van der Waals surface area contributed by atoms with Gasteiger partial charge in [0.05, 0.1) is 0 Å². The number of carbonyl (C=O) groups excluding carboxylic acids is 2. The Bertz CT molecular complexity index is 596. The summed E-state index contributed by atoms with van der Waals surface area (Å²) in [6.07, 6.45) is 0.264. The van der Waals surface area contributed by atoms with Crippen molar-refractivity contribution in [2.24, 2.45) is 5.73 Å². The van der Waals surface area contributed by atoms with Gasteiger partial charge < -0.3 is 21.5 Å². The van der Waals surface area contributed by atoms with Crippen molar-refractivity contribution in [3.63, 3.8) is 0 Å². The number of aryl methyl sites for hydroxylation is 1. The van der Waals surface area contributed by atoms with Gasteiger partial charge in [-0.15, -0.1) is 0 Å². The number of carboxylic acid groups (broad SMARTS) is 1. The highest BCUT2D eigenvalue weighted by Crippen LogP contribution is 2.16. The van der Waals surface area contributed by atoms with Crippen LogP contribution in [0, 0.1) is 6.92 Å². The molecule has 0 atom stereocenters. The fraction of sp³-hybridized carbons (Fsp3) is 0.400. The van der Waals surface area contributed by atoms with Crippen LogP contribution in [0.1, 0.15) is 42.6 Å². The Labute approximate surface area is 128 Å². The molecule has 0 bridgehead atoms. The van der Waals surface area contributed by atoms with E-state index in [4.69, 9.17) is 10.8 Å². The molecule has 1 aromatic carbocycles. The van der Waals surface area contributed by atoms with Gasteiger partial charge in [-0.2, -0.15) is 0 Å². The Kier molecular flexibility index (Phi) is 5.50. The van der Waals surface area contributed by atoms with Gasteiger partial charge in [0, 0.05) is 23.2 Å². The van der Waals surface area contributed by atoms with Crippen LogP contribution in [-0.4, -0.2) is 28.6 Å². The van der Waals surface area contributed by atoms with Crippen molar-refractivity contribution < 1.29 is 19.5 Å². The van der Waals surface area contributed by atoms with Gasteiger partial charge in [-0.25, -0.2) is 4.79 Å². The molecule has 1 aromatic rings. The predicted octanol–water partition coefficient (Wildman–Crippen LogP) is 1.86. The first-order valence-electron chi connectivity index (χ1n) is 6.81. The third kappa shape index (κ3) is 5.82. The normalized spacial score (nSPS) is 10.9. The molecular formula is C15H21N3O4. The predicted molar refractivity (Wildman–Crippen MR) is 82.8 cm³/mol. The topological polar surface area (TPSA) is 122 Å². The fourth-order valence-corrected chi connectivity index (χ4v) is 1.95. The van der Waals surface area contributed by atoms with E-state index >= 15 is 0 Å². The Hall–Kier alpha value is -2.57. The van der Waals surface area contributed by atoms with E-state index in [2.05, 4.69) is 10.6 Å². The van der Waals surface area contributed by atoms with Gasteiger partial charge in [-0.3, -0.25) is 9.59 Å². The van der Waals surface area contributed by atoms with Crippen LogP contribution < -0.4 is 16.4 Å². The number of nitrogens with two attached hydrogens (primary N) is 1. The molecule has 0 fully saturated rings. The molecule has 1 rings (SSSR count). The first-order chi connectivity index (χ1) is 10.1. The highest BCUT2D eigenvalue weighted by molar-refractivity contribution is 5.96. The summed E-state index contributed by atoms with van der Waals surface area (Å²) in [6.45, 7) is 5.26. The number of primary amides is 1. The van der Waals surface area contributed by atoms with Crippen LogP contribution in [-0.2, 0) is 4.79 Å². The van der Waals surface area contributed by atoms with Crippen molar-refractivity contribution in [2.75, 3.05) is 5.32 Å². The number of rotatable bonds is 6. The number of amides is 3. The molecule has 0 saturated carbocycles. The summed E-state index contributed by atoms with van der Waals surface area (Å²) in [5, 5.41) is 14.0. The van der Waals surface area contributed by atoms with Gasteiger partial charge in [0.1, 0.15) is 0 Å². The molecule has 7 nitrogen and oxygen atoms in total. The average Bonchev–Trinajstić information content (AvgIpc) is 2.34. The number of anilines is 1. The minimum Gasteiger partial charge on any atom is -0.481 e. The standard InChI is InChI=1S/C15H21N3O4/c1-9-6-10(13(16)21)8-11(7-9)17-14(22)18-15(2,3)5-4-12(19)20/h6-8H,4-5H2,1-3H3,(H2,16,21)(H,19,20)(H2,17,18,22). The summed E-state index contributed by atoms with van der Waals surface area (Å²) in [5.41, 5.74) is 6.10. The smallest absolute Gasteiger partial charge is 0.319 e. The fourth-order valence-electron chi connectivity index (χ4n) is 1.95. The molecule has 0 aliphatic rings. The van der Waals surface area contributed by atoms with Crippen LogP contribution >= 0.6 is 0 Å². The Balaban J connectivity index is 2.72. The Morgan fingerprint density at radius 1 is 1.23 bits per heavy atom. The van der Waals surface area contributed by atoms with Gasteiger partial charge in [-0.1, -0.05) is 0 Å². The second kappa shape index (κ2) is 6.93. The minimum atomic E-state index is -0.917. The second-order valence-corrected chi connectivity index (χ2v) is 5.81. The molecule has 22 heavy (non-hydrogen) atoms. The number of hydrogen-bond acceptors (Lipinski definition) is 3. The summed E-state index contributed by atoms with van der Waals surface area (Å²) in [6, 6.07) is 4.34. The first kappa shape index (κ1) is 17.5. The number of nitrogens with one attached hydrogen (secondary N) is 2. The lowest BCUT2D eigenvalue weighted by atomic mass is 9.99. The average molecular weight is 307 g/mol. The number of urea groups is 1. The van der Waals surface area contributed by atoms with Crippen LogP contribution in [0.4, 0.5) is 10.5 Å². The van der Waals surface area contributed by atoms with Crippen molar-refractivity contribution in [3.05, 3.63) is 29.3 Å².